The molecule has 54 heavy (non-hydrogen) atoms. The maximum Gasteiger partial charge on any atom is 0.239 e. The van der Waals surface area contributed by atoms with Crippen LogP contribution in [0.1, 0.15) is 13.8 Å². The van der Waals surface area contributed by atoms with Gasteiger partial charge in [-0.2, -0.15) is 0 Å². The third kappa shape index (κ3) is 7.22. The topological polar surface area (TPSA) is 349 Å². The lowest BCUT2D eigenvalue weighted by Crippen LogP contribution is -2.61. The third-order valence-corrected chi connectivity index (χ3v) is 9.43. The summed E-state index contributed by atoms with van der Waals surface area (Å²) in [5.41, 5.74) is -1.95. The van der Waals surface area contributed by atoms with Crippen molar-refractivity contribution >= 4 is 11.0 Å². The van der Waals surface area contributed by atoms with Gasteiger partial charge < -0.3 is 99.2 Å². The van der Waals surface area contributed by atoms with E-state index in [2.05, 4.69) is 0 Å². The monoisotopic (exact) mass is 772 g/mol. The van der Waals surface area contributed by atoms with Crippen molar-refractivity contribution in [2.24, 2.45) is 0 Å². The van der Waals surface area contributed by atoms with Crippen LogP contribution in [0.15, 0.2) is 33.5 Å². The van der Waals surface area contributed by atoms with Crippen LogP contribution in [0.25, 0.3) is 22.3 Å². The van der Waals surface area contributed by atoms with Crippen LogP contribution in [0.5, 0.6) is 34.5 Å². The van der Waals surface area contributed by atoms with Crippen molar-refractivity contribution in [1.82, 2.24) is 0 Å². The average Bonchev–Trinajstić information content (AvgIpc) is 3.13. The van der Waals surface area contributed by atoms with Crippen molar-refractivity contribution in [3.63, 3.8) is 0 Å². The van der Waals surface area contributed by atoms with Gasteiger partial charge in [0.25, 0.3) is 0 Å². The number of phenolic OH excluding ortho intramolecular Hbond substituents is 4. The number of benzene rings is 2. The van der Waals surface area contributed by atoms with Crippen LogP contribution in [-0.2, 0) is 18.9 Å². The lowest BCUT2D eigenvalue weighted by Gasteiger charge is -2.42. The van der Waals surface area contributed by atoms with E-state index in [-0.39, 0.29) is 11.3 Å². The number of aliphatic hydroxyl groups is 9. The molecule has 21 heteroatoms. The van der Waals surface area contributed by atoms with E-state index < -0.39 is 150 Å². The molecule has 0 aliphatic carbocycles. The maximum absolute atomic E-state index is 14.1. The smallest absolute Gasteiger partial charge is 0.239 e. The molecule has 0 bridgehead atoms. The fourth-order valence-corrected chi connectivity index (χ4v) is 6.21. The molecule has 15 atom stereocenters. The van der Waals surface area contributed by atoms with E-state index in [0.717, 1.165) is 24.3 Å². The number of aliphatic hydroxyl groups excluding tert-OH is 9. The van der Waals surface area contributed by atoms with Crippen LogP contribution >= 0.6 is 0 Å². The van der Waals surface area contributed by atoms with Crippen LogP contribution in [0.3, 0.4) is 0 Å². The van der Waals surface area contributed by atoms with Crippen LogP contribution in [0.4, 0.5) is 0 Å². The van der Waals surface area contributed by atoms with Crippen molar-refractivity contribution in [2.75, 3.05) is 6.61 Å². The first-order valence-corrected chi connectivity index (χ1v) is 16.5. The van der Waals surface area contributed by atoms with Gasteiger partial charge in [-0.3, -0.25) is 4.79 Å². The Kier molecular flexibility index (Phi) is 11.2. The van der Waals surface area contributed by atoms with Gasteiger partial charge in [0.2, 0.25) is 23.8 Å². The minimum absolute atomic E-state index is 0.284. The molecule has 3 saturated heterocycles. The summed E-state index contributed by atoms with van der Waals surface area (Å²) in [5, 5.41) is 134. The summed E-state index contributed by atoms with van der Waals surface area (Å²) in [4.78, 5) is 14.1. The first-order chi connectivity index (χ1) is 25.4. The summed E-state index contributed by atoms with van der Waals surface area (Å²) in [5.74, 6) is -5.30. The first-order valence-electron chi connectivity index (χ1n) is 16.5. The quantitative estimate of drug-likeness (QED) is 0.0989. The van der Waals surface area contributed by atoms with Gasteiger partial charge in [0.1, 0.15) is 83.5 Å². The molecule has 298 valence electrons. The van der Waals surface area contributed by atoms with E-state index >= 15 is 0 Å². The Morgan fingerprint density at radius 3 is 1.70 bits per heavy atom. The van der Waals surface area contributed by atoms with Crippen LogP contribution in [-0.4, -0.2) is 165 Å². The molecular formula is C33H40O21. The molecule has 0 spiro atoms. The molecule has 13 N–H and O–H groups in total. The van der Waals surface area contributed by atoms with Gasteiger partial charge in [-0.15, -0.1) is 0 Å². The number of aromatic hydroxyl groups is 4. The zero-order chi connectivity index (χ0) is 39.5. The highest BCUT2D eigenvalue weighted by molar-refractivity contribution is 5.88. The summed E-state index contributed by atoms with van der Waals surface area (Å²) in [7, 11) is 0. The van der Waals surface area contributed by atoms with E-state index in [1.807, 2.05) is 0 Å². The van der Waals surface area contributed by atoms with Gasteiger partial charge in [-0.1, -0.05) is 0 Å². The Hall–Kier alpha value is -4.07. The molecule has 6 rings (SSSR count). The molecule has 0 amide bonds. The number of hydrogen-bond donors (Lipinski definition) is 13. The van der Waals surface area contributed by atoms with Gasteiger partial charge in [-0.05, 0) is 26.0 Å². The van der Waals surface area contributed by atoms with Crippen molar-refractivity contribution in [2.45, 2.75) is 106 Å². The van der Waals surface area contributed by atoms with E-state index in [4.69, 9.17) is 32.8 Å². The fraction of sp³-hybridized carbons (Fsp3) is 0.545. The standard InChI is InChI=1S/C33H40O21/c1-8-18(37)23(42)26(45)31(49-8)48-7-16-21(40)25(44)28(47)33(53-16)54-30-22(41)17-12(34)5-11(51-32-27(46)24(43)19(38)9(2)50-32)6-15(17)52-29(30)10-3-13(35)20(39)14(36)4-10/h3-6,8-9,16,18-19,21,23-28,31-40,42-47H,7H2,1-2H3/t8?,9?,16?,18-,19-,21-,23-,24-,25?,26?,27?,28?,31+,32-,33-/m0/s1. The molecule has 21 nitrogen and oxygen atoms in total. The molecule has 3 aliphatic heterocycles. The minimum Gasteiger partial charge on any atom is -0.507 e. The molecule has 1 aromatic heterocycles. The maximum atomic E-state index is 14.1. The number of fused-ring (bicyclic) bond motifs is 1. The van der Waals surface area contributed by atoms with E-state index in [1.54, 1.807) is 0 Å². The van der Waals surface area contributed by atoms with Crippen LogP contribution < -0.4 is 14.9 Å². The Bertz CT molecular complexity index is 1860. The predicted octanol–water partition coefficient (Wildman–Crippen LogP) is -3.48. The van der Waals surface area contributed by atoms with E-state index in [0.29, 0.717) is 0 Å². The van der Waals surface area contributed by atoms with Crippen molar-refractivity contribution in [1.29, 1.82) is 0 Å². The molecule has 7 unspecified atom stereocenters. The number of hydrogen-bond acceptors (Lipinski definition) is 21. The highest BCUT2D eigenvalue weighted by Gasteiger charge is 2.48. The highest BCUT2D eigenvalue weighted by Crippen LogP contribution is 2.43. The zero-order valence-corrected chi connectivity index (χ0v) is 28.3. The molecule has 0 saturated carbocycles. The number of rotatable bonds is 8. The lowest BCUT2D eigenvalue weighted by atomic mass is 9.98. The second-order valence-electron chi connectivity index (χ2n) is 13.2. The molecule has 3 aliphatic rings. The summed E-state index contributed by atoms with van der Waals surface area (Å²) in [6.07, 6.45) is -24.4. The molecule has 4 heterocycles. The molecule has 3 aromatic rings. The summed E-state index contributed by atoms with van der Waals surface area (Å²) in [6.45, 7) is 2.11. The predicted molar refractivity (Wildman–Crippen MR) is 173 cm³/mol. The molecule has 3 fully saturated rings. The molecule has 2 aromatic carbocycles. The largest absolute Gasteiger partial charge is 0.507 e. The second-order valence-corrected chi connectivity index (χ2v) is 13.2. The number of phenols is 4. The summed E-state index contributed by atoms with van der Waals surface area (Å²) in [6, 6.07) is 3.67. The average molecular weight is 773 g/mol. The van der Waals surface area contributed by atoms with Crippen LogP contribution in [0, 0.1) is 0 Å². The zero-order valence-electron chi connectivity index (χ0n) is 28.3. The normalized spacial score (nSPS) is 37.3. The third-order valence-electron chi connectivity index (χ3n) is 9.43. The Balaban J connectivity index is 1.35. The highest BCUT2D eigenvalue weighted by atomic mass is 16.7. The van der Waals surface area contributed by atoms with Crippen molar-refractivity contribution in [3.8, 4) is 45.8 Å². The van der Waals surface area contributed by atoms with Gasteiger partial charge >= 0.3 is 0 Å². The minimum atomic E-state index is -2.09. The summed E-state index contributed by atoms with van der Waals surface area (Å²) < 4.78 is 39.1. The van der Waals surface area contributed by atoms with Crippen molar-refractivity contribution < 1.29 is 99.2 Å². The van der Waals surface area contributed by atoms with E-state index in [9.17, 15) is 71.2 Å². The Morgan fingerprint density at radius 2 is 1.11 bits per heavy atom. The van der Waals surface area contributed by atoms with E-state index in [1.165, 1.54) is 13.8 Å². The molecule has 0 radical (unpaired) electrons. The first kappa shape index (κ1) is 39.6. The Labute approximate surface area is 303 Å². The van der Waals surface area contributed by atoms with Gasteiger partial charge in [0.15, 0.2) is 29.3 Å². The lowest BCUT2D eigenvalue weighted by molar-refractivity contribution is -0.318. The molecular weight excluding hydrogens is 732 g/mol. The van der Waals surface area contributed by atoms with Gasteiger partial charge in [0.05, 0.1) is 18.8 Å². The second kappa shape index (κ2) is 15.2. The van der Waals surface area contributed by atoms with Crippen LogP contribution in [0.2, 0.25) is 0 Å². The van der Waals surface area contributed by atoms with Gasteiger partial charge in [0, 0.05) is 17.7 Å². The van der Waals surface area contributed by atoms with Gasteiger partial charge in [-0.25, -0.2) is 0 Å². The summed E-state index contributed by atoms with van der Waals surface area (Å²) >= 11 is 0. The van der Waals surface area contributed by atoms with Crippen molar-refractivity contribution in [3.05, 3.63) is 34.5 Å². The fourth-order valence-electron chi connectivity index (χ4n) is 6.21. The number of ether oxygens (including phenoxy) is 6. The SMILES string of the molecule is CC1O[C@@H](OCC2O[C@@H](Oc3c(-c4cc(O)c(O)c(O)c4)oc4cc(O[C@@H]5OC(C)[C@H](O)[C@H](O)C5O)cc(O)c4c3=O)C(O)C(O)[C@H]2O)C(O)[C@@H](O)[C@H]1O. The Morgan fingerprint density at radius 1 is 0.593 bits per heavy atom.